The van der Waals surface area contributed by atoms with Crippen LogP contribution in [0.4, 0.5) is 4.39 Å². The van der Waals surface area contributed by atoms with Crippen molar-refractivity contribution >= 4 is 0 Å². The number of nitrogens with one attached hydrogen (secondary N) is 1. The molecule has 0 aromatic heterocycles. The highest BCUT2D eigenvalue weighted by Crippen LogP contribution is 2.19. The third kappa shape index (κ3) is 6.98. The summed E-state index contributed by atoms with van der Waals surface area (Å²) in [6.07, 6.45) is 2.03. The zero-order valence-electron chi connectivity index (χ0n) is 12.5. The molecule has 3 nitrogen and oxygen atoms in total. The number of rotatable bonds is 11. The van der Waals surface area contributed by atoms with Gasteiger partial charge < -0.3 is 14.8 Å². The van der Waals surface area contributed by atoms with Crippen molar-refractivity contribution in [3.63, 3.8) is 0 Å². The number of benzene rings is 1. The van der Waals surface area contributed by atoms with Crippen LogP contribution in [0.15, 0.2) is 24.3 Å². The minimum absolute atomic E-state index is 0.189. The first-order valence-electron chi connectivity index (χ1n) is 7.30. The van der Waals surface area contributed by atoms with Crippen LogP contribution < -0.4 is 5.32 Å². The first-order valence-corrected chi connectivity index (χ1v) is 7.30. The fraction of sp³-hybridized carbons (Fsp3) is 0.625. The quantitative estimate of drug-likeness (QED) is 0.633. The van der Waals surface area contributed by atoms with Crippen molar-refractivity contribution in [3.05, 3.63) is 35.6 Å². The second kappa shape index (κ2) is 10.8. The molecule has 0 fully saturated rings. The van der Waals surface area contributed by atoms with E-state index in [-0.39, 0.29) is 5.82 Å². The van der Waals surface area contributed by atoms with Gasteiger partial charge in [-0.15, -0.1) is 0 Å². The molecule has 114 valence electrons. The lowest BCUT2D eigenvalue weighted by Crippen LogP contribution is -2.23. The maximum Gasteiger partial charge on any atom is 0.123 e. The molecule has 0 aliphatic heterocycles. The summed E-state index contributed by atoms with van der Waals surface area (Å²) >= 11 is 0. The smallest absolute Gasteiger partial charge is 0.123 e. The fourth-order valence-corrected chi connectivity index (χ4v) is 2.04. The molecule has 1 N–H and O–H groups in total. The summed E-state index contributed by atoms with van der Waals surface area (Å²) in [5.74, 6) is 0.162. The molecule has 1 aromatic carbocycles. The zero-order chi connectivity index (χ0) is 14.6. The highest BCUT2D eigenvalue weighted by atomic mass is 19.1. The molecule has 1 aromatic rings. The molecule has 0 heterocycles. The molecule has 0 saturated heterocycles. The minimum Gasteiger partial charge on any atom is -0.382 e. The second-order valence-corrected chi connectivity index (χ2v) is 4.85. The van der Waals surface area contributed by atoms with Gasteiger partial charge in [-0.05, 0) is 43.0 Å². The van der Waals surface area contributed by atoms with Crippen molar-refractivity contribution in [3.8, 4) is 0 Å². The Morgan fingerprint density at radius 3 is 2.55 bits per heavy atom. The largest absolute Gasteiger partial charge is 0.382 e. The molecule has 4 heteroatoms. The van der Waals surface area contributed by atoms with E-state index in [1.165, 1.54) is 12.1 Å². The Kier molecular flexibility index (Phi) is 9.20. The molecule has 1 rings (SSSR count). The third-order valence-electron chi connectivity index (χ3n) is 3.20. The molecule has 1 unspecified atom stereocenters. The SMILES string of the molecule is CCCNCC(CCOCCOC)c1ccc(F)cc1. The topological polar surface area (TPSA) is 30.5 Å². The average molecular weight is 283 g/mol. The highest BCUT2D eigenvalue weighted by Gasteiger charge is 2.11. The average Bonchev–Trinajstić information content (AvgIpc) is 2.46. The van der Waals surface area contributed by atoms with Crippen LogP contribution in [0.1, 0.15) is 31.2 Å². The summed E-state index contributed by atoms with van der Waals surface area (Å²) in [4.78, 5) is 0. The Morgan fingerprint density at radius 2 is 1.90 bits per heavy atom. The monoisotopic (exact) mass is 283 g/mol. The van der Waals surface area contributed by atoms with Crippen LogP contribution in [0.3, 0.4) is 0 Å². The number of halogens is 1. The Balaban J connectivity index is 2.44. The van der Waals surface area contributed by atoms with Gasteiger partial charge >= 0.3 is 0 Å². The maximum absolute atomic E-state index is 13.0. The van der Waals surface area contributed by atoms with Crippen molar-refractivity contribution in [1.29, 1.82) is 0 Å². The van der Waals surface area contributed by atoms with Crippen molar-refractivity contribution < 1.29 is 13.9 Å². The summed E-state index contributed by atoms with van der Waals surface area (Å²) < 4.78 is 23.5. The van der Waals surface area contributed by atoms with Gasteiger partial charge in [0.2, 0.25) is 0 Å². The number of hydrogen-bond donors (Lipinski definition) is 1. The lowest BCUT2D eigenvalue weighted by Gasteiger charge is -2.18. The first kappa shape index (κ1) is 17.1. The predicted octanol–water partition coefficient (Wildman–Crippen LogP) is 2.96. The van der Waals surface area contributed by atoms with E-state index in [1.807, 2.05) is 12.1 Å². The summed E-state index contributed by atoms with van der Waals surface area (Å²) in [7, 11) is 1.67. The van der Waals surface area contributed by atoms with Gasteiger partial charge in [0.05, 0.1) is 13.2 Å². The Morgan fingerprint density at radius 1 is 1.15 bits per heavy atom. The van der Waals surface area contributed by atoms with Crippen molar-refractivity contribution in [2.24, 2.45) is 0 Å². The van der Waals surface area contributed by atoms with Gasteiger partial charge in [-0.3, -0.25) is 0 Å². The van der Waals surface area contributed by atoms with Gasteiger partial charge in [-0.2, -0.15) is 0 Å². The molecule has 0 saturated carbocycles. The molecule has 20 heavy (non-hydrogen) atoms. The maximum atomic E-state index is 13.0. The van der Waals surface area contributed by atoms with Crippen LogP contribution in [0.5, 0.6) is 0 Å². The second-order valence-electron chi connectivity index (χ2n) is 4.85. The van der Waals surface area contributed by atoms with E-state index in [1.54, 1.807) is 7.11 Å². The van der Waals surface area contributed by atoms with Crippen molar-refractivity contribution in [2.75, 3.05) is 40.0 Å². The van der Waals surface area contributed by atoms with E-state index in [2.05, 4.69) is 12.2 Å². The molecule has 1 atom stereocenters. The summed E-state index contributed by atoms with van der Waals surface area (Å²) in [6, 6.07) is 6.77. The van der Waals surface area contributed by atoms with Gasteiger partial charge in [-0.1, -0.05) is 19.1 Å². The molecule has 0 bridgehead atoms. The first-order chi connectivity index (χ1) is 9.77. The molecule has 0 amide bonds. The summed E-state index contributed by atoms with van der Waals surface area (Å²) in [5, 5.41) is 3.43. The van der Waals surface area contributed by atoms with Gasteiger partial charge in [0.1, 0.15) is 5.82 Å². The lowest BCUT2D eigenvalue weighted by molar-refractivity contribution is 0.0670. The van der Waals surface area contributed by atoms with Crippen molar-refractivity contribution in [2.45, 2.75) is 25.7 Å². The molecule has 0 aliphatic carbocycles. The number of hydrogen-bond acceptors (Lipinski definition) is 3. The molecular weight excluding hydrogens is 257 g/mol. The van der Waals surface area contributed by atoms with Gasteiger partial charge in [0.25, 0.3) is 0 Å². The third-order valence-corrected chi connectivity index (χ3v) is 3.20. The fourth-order valence-electron chi connectivity index (χ4n) is 2.04. The Labute approximate surface area is 121 Å². The lowest BCUT2D eigenvalue weighted by atomic mass is 9.96. The summed E-state index contributed by atoms with van der Waals surface area (Å²) in [6.45, 7) is 5.98. The van der Waals surface area contributed by atoms with Crippen LogP contribution in [0, 0.1) is 5.82 Å². The van der Waals surface area contributed by atoms with E-state index in [9.17, 15) is 4.39 Å². The zero-order valence-corrected chi connectivity index (χ0v) is 12.5. The van der Waals surface area contributed by atoms with Gasteiger partial charge in [-0.25, -0.2) is 4.39 Å². The van der Waals surface area contributed by atoms with Crippen molar-refractivity contribution in [1.82, 2.24) is 5.32 Å². The Hall–Kier alpha value is -0.970. The van der Waals surface area contributed by atoms with Crippen LogP contribution in [-0.4, -0.2) is 40.0 Å². The van der Waals surface area contributed by atoms with E-state index in [0.29, 0.717) is 25.7 Å². The van der Waals surface area contributed by atoms with Crippen LogP contribution in [0.2, 0.25) is 0 Å². The van der Waals surface area contributed by atoms with E-state index >= 15 is 0 Å². The van der Waals surface area contributed by atoms with E-state index < -0.39 is 0 Å². The Bertz CT molecular complexity index is 343. The normalized spacial score (nSPS) is 12.6. The van der Waals surface area contributed by atoms with E-state index in [4.69, 9.17) is 9.47 Å². The van der Waals surface area contributed by atoms with Gasteiger partial charge in [0, 0.05) is 20.3 Å². The predicted molar refractivity (Wildman–Crippen MR) is 79.6 cm³/mol. The van der Waals surface area contributed by atoms with E-state index in [0.717, 1.165) is 31.5 Å². The molecule has 0 radical (unpaired) electrons. The van der Waals surface area contributed by atoms with Crippen LogP contribution in [-0.2, 0) is 9.47 Å². The highest BCUT2D eigenvalue weighted by molar-refractivity contribution is 5.20. The molecular formula is C16H26FNO2. The number of methoxy groups -OCH3 is 1. The van der Waals surface area contributed by atoms with Crippen LogP contribution >= 0.6 is 0 Å². The number of ether oxygens (including phenoxy) is 2. The standard InChI is InChI=1S/C16H26FNO2/c1-3-9-18-13-15(8-10-20-12-11-19-2)14-4-6-16(17)7-5-14/h4-7,15,18H,3,8-13H2,1-2H3. The van der Waals surface area contributed by atoms with Crippen LogP contribution in [0.25, 0.3) is 0 Å². The molecule has 0 aliphatic rings. The molecule has 0 spiro atoms. The minimum atomic E-state index is -0.189. The van der Waals surface area contributed by atoms with Gasteiger partial charge in [0.15, 0.2) is 0 Å². The summed E-state index contributed by atoms with van der Waals surface area (Å²) in [5.41, 5.74) is 1.16.